The van der Waals surface area contributed by atoms with Gasteiger partial charge in [-0.15, -0.1) is 0 Å². The maximum Gasteiger partial charge on any atom is 0.364 e. The summed E-state index contributed by atoms with van der Waals surface area (Å²) in [6.45, 7) is -5.89. The van der Waals surface area contributed by atoms with E-state index >= 15 is 0 Å². The SMILES string of the molecule is CC(=O)N[C@H]1[C@H](OC[C@@H](O)[C@H](O)[C@H](O[C@@H]2O[C@H](CO)[C@H](O)[C@H](O[C@@H]3O[C@H](CO)[C@@H](O[C@@H]4O[C@H](CO)[C@H](O)[C@H](O)[C@H]4O[C@@H]4O[C@@H](C)[C@@H](O)[C@@H](O)[C@@H]4O)[C@H](O)[C@H]3NC(C)=O)[C@H]2O)[C@H](CO)NC(C)=O)O[C@H](CO)[C@@H](O[C@@H]2O[C@H](CO)[C@H](O)[C@H](O[C@@H]3O[C@H](CO)[C@@H](O[C@@H]4O[C@H](CO)[C@H](O)[C@H](O[C@]5(C(=O)O)C[C@H](O)[C@@H](NC(C)=O)[C@H]([C@H](O)[C@H](O)CO)O5)[C@H]4O)[C@H](O)[C@H]3NC(C)=O)[C@H]2O)[C@@H]1O. The molecule has 0 aliphatic carbocycles. The fourth-order valence-corrected chi connectivity index (χ4v) is 16.6. The van der Waals surface area contributed by atoms with Crippen LogP contribution in [-0.4, -0.2) is 556 Å². The normalized spacial score (nSPS) is 45.0. The second-order valence-electron chi connectivity index (χ2n) is 32.9. The standard InChI is InChI=1S/C73H123N5O53/c1-18-39(96)49(106)51(108)67(115-18)129-63-50(107)42(99)28(10-81)119-71(63)126-58-34(16-87)122-66(38(48(58)105)78-23(6)92)127-60-43(100)29(11-82)116-68(52(60)109)123-55(24(8-79)74-19(2)88)41(98)27(95)17-114-64-36(76-21(4)90)46(103)56(32(14-85)120-64)124-69-53(110)61(44(101)30(12-83)117-69)128-65-37(77-22(5)91)47(104)57(33(15-86)121-65)125-70-54(111)62(45(102)31(13-84)118-70)131-73(72(112)113)7-25(93)35(75-20(3)89)59(130-73)40(97)26(94)9-80/h18,24-71,79-87,93-111H,7-17H2,1-6H3,(H,74,88)(H,75,89)(H,76,90)(H,77,91)(H,78,92)(H,112,113)/t18-,24-,25-,26+,27+,28+,29+,30+,31+,32+,33+,34+,35+,36+,37+,38+,39+,40+,41-,42-,43-,44-,45-,46+,47+,48+,49+,50-,51-,52+,53+,54+,55+,56+,57+,58+,59+,60-,61-,62-,63+,64+,65-,66-,67-,68-,69-,70-,71-,73-/m0/s1. The first-order valence-corrected chi connectivity index (χ1v) is 41.5. The fourth-order valence-electron chi connectivity index (χ4n) is 16.6. The molecule has 50 atom stereocenters. The second-order valence-corrected chi connectivity index (χ2v) is 32.9. The fraction of sp³-hybridized carbons (Fsp3) is 0.918. The van der Waals surface area contributed by atoms with Gasteiger partial charge in [0.1, 0.15) is 226 Å². The molecule has 58 heteroatoms. The van der Waals surface area contributed by atoms with Crippen LogP contribution >= 0.6 is 0 Å². The Morgan fingerprint density at radius 2 is 0.725 bits per heavy atom. The summed E-state index contributed by atoms with van der Waals surface area (Å²) in [5.74, 6) is -10.2. The molecule has 0 saturated carbocycles. The average molecular weight is 1920 g/mol. The van der Waals surface area contributed by atoms with E-state index < -0.39 is 414 Å². The zero-order valence-corrected chi connectivity index (χ0v) is 70.8. The number of aliphatic hydroxyl groups excluding tert-OH is 28. The molecule has 0 unspecified atom stereocenters. The molecule has 9 rings (SSSR count). The van der Waals surface area contributed by atoms with E-state index in [0.717, 1.165) is 34.6 Å². The Bertz CT molecular complexity index is 3610. The van der Waals surface area contributed by atoms with Gasteiger partial charge in [-0.25, -0.2) is 4.79 Å². The van der Waals surface area contributed by atoms with Crippen molar-refractivity contribution in [3.05, 3.63) is 0 Å². The third-order valence-electron chi connectivity index (χ3n) is 23.5. The molecule has 0 spiro atoms. The van der Waals surface area contributed by atoms with Crippen molar-refractivity contribution in [2.75, 3.05) is 66.1 Å². The molecule has 131 heavy (non-hydrogen) atoms. The number of aliphatic hydroxyl groups is 28. The predicted molar refractivity (Wildman–Crippen MR) is 406 cm³/mol. The number of nitrogens with one attached hydrogen (secondary N) is 5. The smallest absolute Gasteiger partial charge is 0.364 e. The van der Waals surface area contributed by atoms with E-state index in [1.165, 1.54) is 6.92 Å². The van der Waals surface area contributed by atoms with Crippen LogP contribution in [-0.2, 0) is 114 Å². The van der Waals surface area contributed by atoms with Gasteiger partial charge >= 0.3 is 5.97 Å². The van der Waals surface area contributed by atoms with Crippen molar-refractivity contribution in [3.8, 4) is 0 Å². The third-order valence-corrected chi connectivity index (χ3v) is 23.5. The van der Waals surface area contributed by atoms with Crippen molar-refractivity contribution < 1.29 is 262 Å². The van der Waals surface area contributed by atoms with Gasteiger partial charge in [0.05, 0.1) is 90.4 Å². The zero-order valence-electron chi connectivity index (χ0n) is 70.8. The Balaban J connectivity index is 0.892. The van der Waals surface area contributed by atoms with Gasteiger partial charge < -0.3 is 260 Å². The van der Waals surface area contributed by atoms with Gasteiger partial charge in [-0.05, 0) is 6.92 Å². The van der Waals surface area contributed by atoms with E-state index in [-0.39, 0.29) is 0 Å². The Hall–Kier alpha value is -5.02. The highest BCUT2D eigenvalue weighted by atomic mass is 16.8. The average Bonchev–Trinajstić information content (AvgIpc) is 0.750. The lowest BCUT2D eigenvalue weighted by Crippen LogP contribution is -2.71. The number of hydrogen-bond acceptors (Lipinski definition) is 52. The lowest BCUT2D eigenvalue weighted by Gasteiger charge is -2.51. The summed E-state index contributed by atoms with van der Waals surface area (Å²) in [6.07, 6.45) is -94.3. The number of carbonyl (C=O) groups excluding carboxylic acids is 5. The lowest BCUT2D eigenvalue weighted by molar-refractivity contribution is -0.389. The monoisotopic (exact) mass is 1920 g/mol. The molecule has 0 aromatic heterocycles. The topological polar surface area (TPSA) is 915 Å². The summed E-state index contributed by atoms with van der Waals surface area (Å²) >= 11 is 0. The van der Waals surface area contributed by atoms with Crippen LogP contribution in [0.15, 0.2) is 0 Å². The highest BCUT2D eigenvalue weighted by Gasteiger charge is 2.64. The molecule has 58 nitrogen and oxygen atoms in total. The van der Waals surface area contributed by atoms with Gasteiger partial charge in [0, 0.05) is 41.0 Å². The van der Waals surface area contributed by atoms with Crippen LogP contribution in [0.5, 0.6) is 0 Å². The van der Waals surface area contributed by atoms with E-state index in [1.807, 2.05) is 0 Å². The van der Waals surface area contributed by atoms with E-state index in [1.54, 1.807) is 0 Å². The second kappa shape index (κ2) is 48.0. The van der Waals surface area contributed by atoms with Crippen molar-refractivity contribution >= 4 is 35.5 Å². The van der Waals surface area contributed by atoms with Crippen LogP contribution in [0.2, 0.25) is 0 Å². The predicted octanol–water partition coefficient (Wildman–Crippen LogP) is -22.2. The molecule has 758 valence electrons. The van der Waals surface area contributed by atoms with Gasteiger partial charge in [-0.2, -0.15) is 0 Å². The number of carboxylic acid groups (broad SMARTS) is 1. The maximum absolute atomic E-state index is 13.2. The number of ether oxygens (including phenoxy) is 18. The Morgan fingerprint density at radius 3 is 1.15 bits per heavy atom. The van der Waals surface area contributed by atoms with Crippen molar-refractivity contribution in [3.63, 3.8) is 0 Å². The lowest BCUT2D eigenvalue weighted by atomic mass is 9.88. The minimum absolute atomic E-state index is 0.869. The zero-order chi connectivity index (χ0) is 97.3. The molecule has 9 aliphatic rings. The first kappa shape index (κ1) is 110. The number of amides is 5. The van der Waals surface area contributed by atoms with Gasteiger partial charge in [0.2, 0.25) is 29.5 Å². The quantitative estimate of drug-likeness (QED) is 0.0272. The van der Waals surface area contributed by atoms with Crippen LogP contribution in [0.1, 0.15) is 48.0 Å². The van der Waals surface area contributed by atoms with Gasteiger partial charge in [-0.3, -0.25) is 24.0 Å². The number of aliphatic carboxylic acids is 1. The molecular weight excluding hydrogens is 1790 g/mol. The molecule has 34 N–H and O–H groups in total. The number of carbonyl (C=O) groups is 6. The van der Waals surface area contributed by atoms with Gasteiger partial charge in [0.25, 0.3) is 5.79 Å². The highest BCUT2D eigenvalue weighted by Crippen LogP contribution is 2.42. The van der Waals surface area contributed by atoms with Crippen molar-refractivity contribution in [2.45, 2.75) is 354 Å². The molecule has 0 aromatic carbocycles. The summed E-state index contributed by atoms with van der Waals surface area (Å²) in [5.41, 5.74) is 0. The van der Waals surface area contributed by atoms with E-state index in [2.05, 4.69) is 26.6 Å². The van der Waals surface area contributed by atoms with E-state index in [4.69, 9.17) is 85.3 Å². The largest absolute Gasteiger partial charge is 0.477 e. The molecule has 0 aromatic rings. The molecule has 9 aliphatic heterocycles. The molecular formula is C73H123N5O53. The van der Waals surface area contributed by atoms with Crippen molar-refractivity contribution in [1.29, 1.82) is 0 Å². The molecule has 9 heterocycles. The molecule has 9 fully saturated rings. The summed E-state index contributed by atoms with van der Waals surface area (Å²) in [6, 6.07) is -9.49. The number of hydrogen-bond donors (Lipinski definition) is 34. The van der Waals surface area contributed by atoms with Crippen LogP contribution in [0.25, 0.3) is 0 Å². The Morgan fingerprint density at radius 1 is 0.359 bits per heavy atom. The van der Waals surface area contributed by atoms with Crippen molar-refractivity contribution in [2.24, 2.45) is 0 Å². The summed E-state index contributed by atoms with van der Waals surface area (Å²) in [4.78, 5) is 77.0. The third kappa shape index (κ3) is 25.0. The summed E-state index contributed by atoms with van der Waals surface area (Å²) in [7, 11) is 0. The summed E-state index contributed by atoms with van der Waals surface area (Å²) in [5, 5.41) is 334. The van der Waals surface area contributed by atoms with Gasteiger partial charge in [-0.1, -0.05) is 0 Å². The Kier molecular flexibility index (Phi) is 40.2. The van der Waals surface area contributed by atoms with Crippen LogP contribution in [0.4, 0.5) is 0 Å². The maximum atomic E-state index is 13.2. The summed E-state index contributed by atoms with van der Waals surface area (Å²) < 4.78 is 105. The first-order chi connectivity index (χ1) is 61.7. The van der Waals surface area contributed by atoms with E-state index in [9.17, 15) is 177 Å². The van der Waals surface area contributed by atoms with Crippen LogP contribution in [0.3, 0.4) is 0 Å². The first-order valence-electron chi connectivity index (χ1n) is 41.5. The van der Waals surface area contributed by atoms with Crippen LogP contribution < -0.4 is 26.6 Å². The van der Waals surface area contributed by atoms with E-state index in [0.29, 0.717) is 0 Å². The highest BCUT2D eigenvalue weighted by molar-refractivity contribution is 5.77. The Labute approximate surface area is 742 Å². The minimum Gasteiger partial charge on any atom is -0.477 e. The molecule has 9 saturated heterocycles. The number of rotatable bonds is 39. The number of carboxylic acids is 1. The molecule has 0 bridgehead atoms. The molecule has 5 amide bonds. The van der Waals surface area contributed by atoms with Gasteiger partial charge in [0.15, 0.2) is 50.3 Å². The minimum atomic E-state index is -3.28. The van der Waals surface area contributed by atoms with Crippen molar-refractivity contribution in [1.82, 2.24) is 26.6 Å². The molecule has 0 radical (unpaired) electrons. The van der Waals surface area contributed by atoms with Crippen LogP contribution in [0, 0.1) is 0 Å².